The molecular weight excluding hydrogens is 404 g/mol. The van der Waals surface area contributed by atoms with Crippen molar-refractivity contribution in [1.82, 2.24) is 4.98 Å². The molecule has 0 bridgehead atoms. The second-order valence-electron chi connectivity index (χ2n) is 7.62. The first-order chi connectivity index (χ1) is 15.5. The number of aromatic nitrogens is 1. The van der Waals surface area contributed by atoms with E-state index in [0.717, 1.165) is 5.56 Å². The predicted molar refractivity (Wildman–Crippen MR) is 124 cm³/mol. The molecule has 6 nitrogen and oxygen atoms in total. The van der Waals surface area contributed by atoms with Crippen LogP contribution in [0, 0.1) is 0 Å². The van der Waals surface area contributed by atoms with Gasteiger partial charge in [0.25, 0.3) is 5.91 Å². The van der Waals surface area contributed by atoms with Gasteiger partial charge in [0.05, 0.1) is 18.7 Å². The fraction of sp³-hybridized carbons (Fsp3) is 0.269. The molecule has 1 heterocycles. The average molecular weight is 433 g/mol. The van der Waals surface area contributed by atoms with Crippen molar-refractivity contribution in [2.24, 2.45) is 0 Å². The summed E-state index contributed by atoms with van der Waals surface area (Å²) in [6.45, 7) is 6.58. The Balaban J connectivity index is 1.76. The summed E-state index contributed by atoms with van der Waals surface area (Å²) < 4.78 is 10.8. The number of nitrogens with zero attached hydrogens (tertiary/aromatic N) is 2. The van der Waals surface area contributed by atoms with E-state index in [1.807, 2.05) is 36.4 Å². The largest absolute Gasteiger partial charge is 0.484 e. The number of carbonyl (C=O) groups is 2. The molecule has 6 heteroatoms. The van der Waals surface area contributed by atoms with Crippen molar-refractivity contribution in [3.8, 4) is 5.75 Å². The summed E-state index contributed by atoms with van der Waals surface area (Å²) in [4.78, 5) is 30.7. The van der Waals surface area contributed by atoms with Gasteiger partial charge in [-0.15, -0.1) is 0 Å². The Morgan fingerprint density at radius 3 is 2.19 bits per heavy atom. The minimum atomic E-state index is -0.390. The zero-order chi connectivity index (χ0) is 22.9. The summed E-state index contributed by atoms with van der Waals surface area (Å²) in [5.41, 5.74) is 3.25. The summed E-state index contributed by atoms with van der Waals surface area (Å²) in [7, 11) is 0. The molecule has 0 aliphatic heterocycles. The molecule has 166 valence electrons. The van der Waals surface area contributed by atoms with Gasteiger partial charge in [0.2, 0.25) is 0 Å². The fourth-order valence-electron chi connectivity index (χ4n) is 3.16. The van der Waals surface area contributed by atoms with Crippen molar-refractivity contribution >= 4 is 17.6 Å². The summed E-state index contributed by atoms with van der Waals surface area (Å²) >= 11 is 0. The van der Waals surface area contributed by atoms with Crippen molar-refractivity contribution in [2.45, 2.75) is 33.2 Å². The number of anilines is 1. The maximum Gasteiger partial charge on any atom is 0.338 e. The molecule has 0 radical (unpaired) electrons. The molecule has 3 rings (SSSR count). The van der Waals surface area contributed by atoms with Crippen molar-refractivity contribution in [3.05, 3.63) is 89.7 Å². The summed E-state index contributed by atoms with van der Waals surface area (Å²) in [6.07, 6.45) is 3.38. The lowest BCUT2D eigenvalue weighted by Crippen LogP contribution is -2.34. The van der Waals surface area contributed by atoms with Gasteiger partial charge in [0.15, 0.2) is 6.61 Å². The maximum atomic E-state index is 13.1. The summed E-state index contributed by atoms with van der Waals surface area (Å²) in [6, 6.07) is 18.3. The molecule has 0 saturated carbocycles. The Bertz CT molecular complexity index is 1020. The SMILES string of the molecule is CCOC(=O)c1ccc(N(Cc2ccncc2)C(=O)COc2ccc(C(C)C)cc2)cc1. The molecule has 0 aliphatic rings. The molecule has 32 heavy (non-hydrogen) atoms. The third kappa shape index (κ3) is 6.17. The normalized spacial score (nSPS) is 10.6. The number of benzene rings is 2. The van der Waals surface area contributed by atoms with E-state index in [1.165, 1.54) is 5.56 Å². The van der Waals surface area contributed by atoms with Gasteiger partial charge >= 0.3 is 5.97 Å². The lowest BCUT2D eigenvalue weighted by molar-refractivity contribution is -0.120. The van der Waals surface area contributed by atoms with Crippen LogP contribution in [0.15, 0.2) is 73.1 Å². The smallest absolute Gasteiger partial charge is 0.338 e. The fourth-order valence-corrected chi connectivity index (χ4v) is 3.16. The van der Waals surface area contributed by atoms with Crippen LogP contribution in [0.5, 0.6) is 5.75 Å². The topological polar surface area (TPSA) is 68.7 Å². The Kier molecular flexibility index (Phi) is 7.97. The maximum absolute atomic E-state index is 13.1. The second kappa shape index (κ2) is 11.1. The van der Waals surface area contributed by atoms with Gasteiger partial charge in [-0.05, 0) is 72.5 Å². The summed E-state index contributed by atoms with van der Waals surface area (Å²) in [5, 5.41) is 0. The molecule has 0 N–H and O–H groups in total. The quantitative estimate of drug-likeness (QED) is 0.446. The minimum absolute atomic E-state index is 0.105. The van der Waals surface area contributed by atoms with Crippen LogP contribution >= 0.6 is 0 Å². The molecule has 0 saturated heterocycles. The van der Waals surface area contributed by atoms with E-state index in [0.29, 0.717) is 36.1 Å². The number of ether oxygens (including phenoxy) is 2. The number of amides is 1. The number of pyridine rings is 1. The van der Waals surface area contributed by atoms with E-state index in [4.69, 9.17) is 9.47 Å². The predicted octanol–water partition coefficient (Wildman–Crippen LogP) is 4.99. The number of esters is 1. The standard InChI is InChI=1S/C26H28N2O4/c1-4-31-26(30)22-5-9-23(10-6-22)28(17-20-13-15-27-16-14-20)25(29)18-32-24-11-7-21(8-12-24)19(2)3/h5-16,19H,4,17-18H2,1-3H3. The Labute approximate surface area is 188 Å². The van der Waals surface area contributed by atoms with E-state index >= 15 is 0 Å². The molecule has 0 unspecified atom stereocenters. The van der Waals surface area contributed by atoms with Crippen LogP contribution in [0.2, 0.25) is 0 Å². The molecule has 2 aromatic carbocycles. The van der Waals surface area contributed by atoms with Gasteiger partial charge < -0.3 is 14.4 Å². The second-order valence-corrected chi connectivity index (χ2v) is 7.62. The monoisotopic (exact) mass is 432 g/mol. The molecule has 0 atom stereocenters. The van der Waals surface area contributed by atoms with Crippen molar-refractivity contribution in [1.29, 1.82) is 0 Å². The van der Waals surface area contributed by atoms with Gasteiger partial charge in [-0.25, -0.2) is 4.79 Å². The zero-order valence-corrected chi connectivity index (χ0v) is 18.7. The molecular formula is C26H28N2O4. The van der Waals surface area contributed by atoms with E-state index in [1.54, 1.807) is 48.5 Å². The van der Waals surface area contributed by atoms with Gasteiger partial charge in [-0.2, -0.15) is 0 Å². The lowest BCUT2D eigenvalue weighted by Gasteiger charge is -2.23. The number of hydrogen-bond acceptors (Lipinski definition) is 5. The Hall–Kier alpha value is -3.67. The third-order valence-corrected chi connectivity index (χ3v) is 4.99. The van der Waals surface area contributed by atoms with E-state index in [2.05, 4.69) is 18.8 Å². The highest BCUT2D eigenvalue weighted by molar-refractivity contribution is 5.95. The molecule has 0 spiro atoms. The first kappa shape index (κ1) is 23.0. The van der Waals surface area contributed by atoms with E-state index in [9.17, 15) is 9.59 Å². The molecule has 1 amide bonds. The minimum Gasteiger partial charge on any atom is -0.484 e. The first-order valence-electron chi connectivity index (χ1n) is 10.7. The number of carbonyl (C=O) groups excluding carboxylic acids is 2. The highest BCUT2D eigenvalue weighted by Gasteiger charge is 2.18. The van der Waals surface area contributed by atoms with Crippen molar-refractivity contribution < 1.29 is 19.1 Å². The molecule has 0 fully saturated rings. The van der Waals surface area contributed by atoms with Gasteiger partial charge in [-0.1, -0.05) is 26.0 Å². The van der Waals surface area contributed by atoms with Crippen LogP contribution in [0.25, 0.3) is 0 Å². The van der Waals surface area contributed by atoms with Gasteiger partial charge in [-0.3, -0.25) is 9.78 Å². The zero-order valence-electron chi connectivity index (χ0n) is 18.7. The molecule has 3 aromatic rings. The van der Waals surface area contributed by atoms with Crippen molar-refractivity contribution in [3.63, 3.8) is 0 Å². The number of rotatable bonds is 9. The van der Waals surface area contributed by atoms with Crippen LogP contribution in [0.4, 0.5) is 5.69 Å². The average Bonchev–Trinajstić information content (AvgIpc) is 2.82. The van der Waals surface area contributed by atoms with Crippen LogP contribution in [0.3, 0.4) is 0 Å². The van der Waals surface area contributed by atoms with E-state index in [-0.39, 0.29) is 18.5 Å². The highest BCUT2D eigenvalue weighted by atomic mass is 16.5. The van der Waals surface area contributed by atoms with Gasteiger partial charge in [0, 0.05) is 18.1 Å². The van der Waals surface area contributed by atoms with E-state index < -0.39 is 0 Å². The van der Waals surface area contributed by atoms with Crippen LogP contribution in [0.1, 0.15) is 48.2 Å². The van der Waals surface area contributed by atoms with Crippen LogP contribution in [-0.4, -0.2) is 30.1 Å². The highest BCUT2D eigenvalue weighted by Crippen LogP contribution is 2.21. The Morgan fingerprint density at radius 2 is 1.59 bits per heavy atom. The van der Waals surface area contributed by atoms with Crippen LogP contribution < -0.4 is 9.64 Å². The first-order valence-corrected chi connectivity index (χ1v) is 10.7. The Morgan fingerprint density at radius 1 is 0.938 bits per heavy atom. The van der Waals surface area contributed by atoms with Crippen molar-refractivity contribution in [2.75, 3.05) is 18.1 Å². The summed E-state index contributed by atoms with van der Waals surface area (Å²) in [5.74, 6) is 0.487. The molecule has 0 aliphatic carbocycles. The van der Waals surface area contributed by atoms with Crippen LogP contribution in [-0.2, 0) is 16.1 Å². The third-order valence-electron chi connectivity index (χ3n) is 4.99. The lowest BCUT2D eigenvalue weighted by atomic mass is 10.0. The molecule has 1 aromatic heterocycles. The number of hydrogen-bond donors (Lipinski definition) is 0. The van der Waals surface area contributed by atoms with Gasteiger partial charge in [0.1, 0.15) is 5.75 Å².